The predicted octanol–water partition coefficient (Wildman–Crippen LogP) is 5.47. The molecule has 182 valence electrons. The average molecular weight is 584 g/mol. The normalized spacial score (nSPS) is 15.6. The minimum absolute atomic E-state index is 0.223. The Morgan fingerprint density at radius 3 is 2.72 bits per heavy atom. The van der Waals surface area contributed by atoms with Crippen LogP contribution in [0.15, 0.2) is 90.6 Å². The molecule has 0 bridgehead atoms. The van der Waals surface area contributed by atoms with E-state index < -0.39 is 12.0 Å². The number of allylic oxidation sites excluding steroid dienone is 1. The van der Waals surface area contributed by atoms with Gasteiger partial charge < -0.3 is 9.15 Å². The molecule has 0 unspecified atom stereocenters. The summed E-state index contributed by atoms with van der Waals surface area (Å²) in [6.45, 7) is 3.73. The highest BCUT2D eigenvalue weighted by atomic mass is 79.9. The Balaban J connectivity index is 1.64. The van der Waals surface area contributed by atoms with Crippen LogP contribution in [0.5, 0.6) is 0 Å². The van der Waals surface area contributed by atoms with Gasteiger partial charge in [0.1, 0.15) is 11.5 Å². The number of fused-ring (bicyclic) bond motifs is 1. The zero-order chi connectivity index (χ0) is 25.4. The summed E-state index contributed by atoms with van der Waals surface area (Å²) >= 11 is 10.8. The second-order valence-corrected chi connectivity index (χ2v) is 10.4. The second kappa shape index (κ2) is 10.0. The number of thiazole rings is 1. The van der Waals surface area contributed by atoms with Gasteiger partial charge in [-0.25, -0.2) is 9.79 Å². The van der Waals surface area contributed by atoms with Crippen molar-refractivity contribution in [2.75, 3.05) is 6.61 Å². The smallest absolute Gasteiger partial charge is 0.338 e. The average Bonchev–Trinajstić information content (AvgIpc) is 3.43. The van der Waals surface area contributed by atoms with Crippen LogP contribution in [0.1, 0.15) is 31.2 Å². The lowest BCUT2D eigenvalue weighted by Gasteiger charge is -2.24. The molecule has 36 heavy (non-hydrogen) atoms. The molecule has 0 amide bonds. The van der Waals surface area contributed by atoms with Gasteiger partial charge in [0.2, 0.25) is 0 Å². The van der Waals surface area contributed by atoms with Gasteiger partial charge in [-0.3, -0.25) is 9.36 Å². The molecule has 0 spiro atoms. The molecule has 2 aromatic heterocycles. The molecular formula is C27H20BrClN2O4S. The van der Waals surface area contributed by atoms with E-state index in [1.165, 1.54) is 11.3 Å². The van der Waals surface area contributed by atoms with E-state index in [0.29, 0.717) is 37.1 Å². The van der Waals surface area contributed by atoms with Crippen molar-refractivity contribution in [3.8, 4) is 11.3 Å². The standard InChI is InChI=1S/C27H20BrClN2O4S/c1-3-34-26(33)23-15(2)30-27-31(24(23)16-7-9-18(28)10-8-16)25(32)22(36-27)14-20-11-12-21(35-20)17-5-4-6-19(29)13-17/h4-14,24H,3H2,1-2H3/b22-14-/t24-/m0/s1. The second-order valence-electron chi connectivity index (χ2n) is 8.07. The summed E-state index contributed by atoms with van der Waals surface area (Å²) in [7, 11) is 0. The number of nitrogens with zero attached hydrogens (tertiary/aromatic N) is 2. The topological polar surface area (TPSA) is 73.8 Å². The number of benzene rings is 2. The van der Waals surface area contributed by atoms with Crippen molar-refractivity contribution >= 4 is 50.9 Å². The number of aromatic nitrogens is 1. The Morgan fingerprint density at radius 1 is 1.22 bits per heavy atom. The first kappa shape index (κ1) is 24.5. The van der Waals surface area contributed by atoms with E-state index in [1.54, 1.807) is 36.6 Å². The van der Waals surface area contributed by atoms with Crippen molar-refractivity contribution in [1.29, 1.82) is 0 Å². The van der Waals surface area contributed by atoms with E-state index in [2.05, 4.69) is 20.9 Å². The molecule has 3 heterocycles. The molecule has 1 aliphatic rings. The van der Waals surface area contributed by atoms with Gasteiger partial charge in [-0.2, -0.15) is 0 Å². The van der Waals surface area contributed by atoms with E-state index in [9.17, 15) is 9.59 Å². The quantitative estimate of drug-likeness (QED) is 0.292. The van der Waals surface area contributed by atoms with Crippen molar-refractivity contribution in [3.63, 3.8) is 0 Å². The molecule has 0 aliphatic carbocycles. The Kier molecular flexibility index (Phi) is 6.83. The number of carbonyl (C=O) groups excluding carboxylic acids is 1. The van der Waals surface area contributed by atoms with Gasteiger partial charge in [-0.15, -0.1) is 0 Å². The molecule has 4 aromatic rings. The minimum Gasteiger partial charge on any atom is -0.463 e. The highest BCUT2D eigenvalue weighted by Gasteiger charge is 2.33. The first-order chi connectivity index (χ1) is 17.4. The Morgan fingerprint density at radius 2 is 2.00 bits per heavy atom. The van der Waals surface area contributed by atoms with Gasteiger partial charge in [0.15, 0.2) is 4.80 Å². The largest absolute Gasteiger partial charge is 0.463 e. The highest BCUT2D eigenvalue weighted by Crippen LogP contribution is 2.31. The highest BCUT2D eigenvalue weighted by molar-refractivity contribution is 9.10. The third-order valence-electron chi connectivity index (χ3n) is 5.71. The van der Waals surface area contributed by atoms with Gasteiger partial charge in [0, 0.05) is 21.1 Å². The number of rotatable bonds is 5. The van der Waals surface area contributed by atoms with Crippen LogP contribution in [0.3, 0.4) is 0 Å². The van der Waals surface area contributed by atoms with Crippen LogP contribution in [0.4, 0.5) is 0 Å². The molecule has 0 radical (unpaired) electrons. The fourth-order valence-corrected chi connectivity index (χ4v) is 5.59. The number of carbonyl (C=O) groups is 1. The van der Waals surface area contributed by atoms with Crippen molar-refractivity contribution in [2.24, 2.45) is 4.99 Å². The SMILES string of the molecule is CCOC(=O)C1=C(C)N=c2s/c(=C\c3ccc(-c4cccc(Cl)c4)o3)c(=O)n2[C@H]1c1ccc(Br)cc1. The van der Waals surface area contributed by atoms with Crippen LogP contribution in [-0.4, -0.2) is 17.1 Å². The van der Waals surface area contributed by atoms with Gasteiger partial charge in [0.25, 0.3) is 5.56 Å². The summed E-state index contributed by atoms with van der Waals surface area (Å²) in [6, 6.07) is 17.9. The maximum Gasteiger partial charge on any atom is 0.338 e. The fraction of sp³-hybridized carbons (Fsp3) is 0.148. The minimum atomic E-state index is -0.658. The van der Waals surface area contributed by atoms with Crippen molar-refractivity contribution in [3.05, 3.63) is 112 Å². The lowest BCUT2D eigenvalue weighted by Crippen LogP contribution is -2.39. The number of furan rings is 1. The zero-order valence-corrected chi connectivity index (χ0v) is 22.5. The zero-order valence-electron chi connectivity index (χ0n) is 19.3. The molecule has 2 aromatic carbocycles. The monoisotopic (exact) mass is 582 g/mol. The molecule has 0 fully saturated rings. The summed E-state index contributed by atoms with van der Waals surface area (Å²) in [5.41, 5.74) is 2.23. The van der Waals surface area contributed by atoms with Gasteiger partial charge in [-0.1, -0.05) is 63.1 Å². The first-order valence-corrected chi connectivity index (χ1v) is 13.2. The van der Waals surface area contributed by atoms with Crippen LogP contribution in [-0.2, 0) is 9.53 Å². The Hall–Kier alpha value is -3.20. The molecular weight excluding hydrogens is 564 g/mol. The van der Waals surface area contributed by atoms with Gasteiger partial charge >= 0.3 is 5.97 Å². The van der Waals surface area contributed by atoms with Crippen molar-refractivity contribution in [2.45, 2.75) is 19.9 Å². The van der Waals surface area contributed by atoms with Crippen LogP contribution in [0.25, 0.3) is 17.4 Å². The summed E-state index contributed by atoms with van der Waals surface area (Å²) in [5, 5.41) is 0.611. The van der Waals surface area contributed by atoms with E-state index in [4.69, 9.17) is 20.8 Å². The summed E-state index contributed by atoms with van der Waals surface area (Å²) < 4.78 is 14.2. The maximum absolute atomic E-state index is 13.7. The summed E-state index contributed by atoms with van der Waals surface area (Å²) in [6.07, 6.45) is 1.69. The molecule has 9 heteroatoms. The fourth-order valence-electron chi connectivity index (χ4n) is 4.11. The third kappa shape index (κ3) is 4.64. The maximum atomic E-state index is 13.7. The predicted molar refractivity (Wildman–Crippen MR) is 144 cm³/mol. The van der Waals surface area contributed by atoms with Crippen LogP contribution in [0, 0.1) is 0 Å². The first-order valence-electron chi connectivity index (χ1n) is 11.2. The molecule has 1 aliphatic heterocycles. The lowest BCUT2D eigenvalue weighted by atomic mass is 9.96. The summed E-state index contributed by atoms with van der Waals surface area (Å²) in [5.74, 6) is 0.680. The third-order valence-corrected chi connectivity index (χ3v) is 7.46. The van der Waals surface area contributed by atoms with Crippen molar-refractivity contribution in [1.82, 2.24) is 4.57 Å². The molecule has 0 saturated heterocycles. The van der Waals surface area contributed by atoms with Gasteiger partial charge in [0.05, 0.1) is 28.5 Å². The van der Waals surface area contributed by atoms with E-state index in [-0.39, 0.29) is 12.2 Å². The number of ether oxygens (including phenoxy) is 1. The van der Waals surface area contributed by atoms with Gasteiger partial charge in [-0.05, 0) is 55.8 Å². The van der Waals surface area contributed by atoms with E-state index in [0.717, 1.165) is 15.6 Å². The van der Waals surface area contributed by atoms with Crippen LogP contribution < -0.4 is 14.9 Å². The Labute approximate surface area is 224 Å². The Bertz CT molecular complexity index is 1680. The molecule has 0 N–H and O–H groups in total. The number of halogens is 2. The van der Waals surface area contributed by atoms with Crippen molar-refractivity contribution < 1.29 is 13.9 Å². The van der Waals surface area contributed by atoms with E-state index >= 15 is 0 Å². The number of hydrogen-bond acceptors (Lipinski definition) is 6. The molecule has 0 saturated carbocycles. The molecule has 5 rings (SSSR count). The number of hydrogen-bond donors (Lipinski definition) is 0. The van der Waals surface area contributed by atoms with Crippen LogP contribution >= 0.6 is 38.9 Å². The van der Waals surface area contributed by atoms with Crippen LogP contribution in [0.2, 0.25) is 5.02 Å². The lowest BCUT2D eigenvalue weighted by molar-refractivity contribution is -0.139. The van der Waals surface area contributed by atoms with E-state index in [1.807, 2.05) is 48.5 Å². The number of esters is 1. The summed E-state index contributed by atoms with van der Waals surface area (Å²) in [4.78, 5) is 31.7. The molecule has 6 nitrogen and oxygen atoms in total. The molecule has 1 atom stereocenters.